The summed E-state index contributed by atoms with van der Waals surface area (Å²) in [6.45, 7) is 1.33. The molecule has 1 aliphatic rings. The van der Waals surface area contributed by atoms with Crippen molar-refractivity contribution in [1.29, 1.82) is 0 Å². The molecule has 1 aromatic rings. The summed E-state index contributed by atoms with van der Waals surface area (Å²) in [6, 6.07) is 7.28. The van der Waals surface area contributed by atoms with E-state index in [-0.39, 0.29) is 11.9 Å². The summed E-state index contributed by atoms with van der Waals surface area (Å²) in [4.78, 5) is 11.9. The van der Waals surface area contributed by atoms with Crippen LogP contribution in [-0.4, -0.2) is 31.0 Å². The molecule has 94 valence electrons. The minimum absolute atomic E-state index is 0.0113. The first kappa shape index (κ1) is 11.9. The zero-order chi connectivity index (χ0) is 13.0. The fraction of sp³-hybridized carbons (Fsp3) is 0.182. The summed E-state index contributed by atoms with van der Waals surface area (Å²) in [5, 5.41) is 0. The Kier molecular flexibility index (Phi) is 3.42. The monoisotopic (exact) mass is 246 g/mol. The van der Waals surface area contributed by atoms with E-state index in [1.807, 2.05) is 12.1 Å². The van der Waals surface area contributed by atoms with Crippen molar-refractivity contribution in [2.75, 3.05) is 13.2 Å². The van der Waals surface area contributed by atoms with Crippen LogP contribution < -0.4 is 17.2 Å². The number of nitrogens with two attached hydrogens (primary N) is 3. The number of nitrogens with zero attached hydrogens (tertiary/aromatic N) is 3. The number of guanidine groups is 2. The Bertz CT molecular complexity index is 513. The molecule has 0 unspecified atom stereocenters. The van der Waals surface area contributed by atoms with Crippen LogP contribution in [0.3, 0.4) is 0 Å². The standard InChI is InChI=1S/C11H14N6O/c12-10(13)17-11(14)16-8-3-1-7(2-4-8)9-15-5-6-18-9/h1-4H,5-6H2,(H6,12,13,14,16,17). The SMILES string of the molecule is NC(N)=NC(N)=Nc1ccc(C2=NCCO2)cc1. The first-order chi connectivity index (χ1) is 8.65. The molecule has 1 heterocycles. The summed E-state index contributed by atoms with van der Waals surface area (Å²) in [7, 11) is 0. The molecule has 2 rings (SSSR count). The Hall–Kier alpha value is -2.57. The molecule has 7 nitrogen and oxygen atoms in total. The molecule has 0 amide bonds. The first-order valence-corrected chi connectivity index (χ1v) is 5.36. The van der Waals surface area contributed by atoms with Crippen LogP contribution >= 0.6 is 0 Å². The van der Waals surface area contributed by atoms with E-state index in [4.69, 9.17) is 21.9 Å². The Morgan fingerprint density at radius 1 is 1.17 bits per heavy atom. The molecule has 0 spiro atoms. The fourth-order valence-electron chi connectivity index (χ4n) is 1.48. The van der Waals surface area contributed by atoms with Gasteiger partial charge in [0, 0.05) is 5.56 Å². The van der Waals surface area contributed by atoms with Gasteiger partial charge in [-0.1, -0.05) is 0 Å². The third-order valence-electron chi connectivity index (χ3n) is 2.19. The van der Waals surface area contributed by atoms with Gasteiger partial charge in [0.2, 0.25) is 11.9 Å². The van der Waals surface area contributed by atoms with Gasteiger partial charge in [0.25, 0.3) is 0 Å². The minimum atomic E-state index is -0.124. The van der Waals surface area contributed by atoms with Gasteiger partial charge in [-0.15, -0.1) is 0 Å². The number of ether oxygens (including phenoxy) is 1. The normalized spacial score (nSPS) is 14.9. The van der Waals surface area contributed by atoms with Gasteiger partial charge in [-0.05, 0) is 24.3 Å². The molecule has 0 aliphatic carbocycles. The van der Waals surface area contributed by atoms with Crippen molar-refractivity contribution < 1.29 is 4.74 Å². The molecule has 18 heavy (non-hydrogen) atoms. The predicted molar refractivity (Wildman–Crippen MR) is 70.9 cm³/mol. The van der Waals surface area contributed by atoms with Crippen LogP contribution in [0.5, 0.6) is 0 Å². The van der Waals surface area contributed by atoms with Crippen molar-refractivity contribution in [3.05, 3.63) is 29.8 Å². The van der Waals surface area contributed by atoms with E-state index in [1.165, 1.54) is 0 Å². The van der Waals surface area contributed by atoms with Crippen molar-refractivity contribution in [1.82, 2.24) is 0 Å². The van der Waals surface area contributed by atoms with Crippen molar-refractivity contribution in [2.24, 2.45) is 32.2 Å². The Labute approximate surface area is 104 Å². The van der Waals surface area contributed by atoms with E-state index in [0.29, 0.717) is 24.7 Å². The third kappa shape index (κ3) is 2.97. The maximum absolute atomic E-state index is 5.52. The average Bonchev–Trinajstić information content (AvgIpc) is 2.82. The molecule has 0 atom stereocenters. The minimum Gasteiger partial charge on any atom is -0.476 e. The van der Waals surface area contributed by atoms with Gasteiger partial charge in [-0.3, -0.25) is 0 Å². The van der Waals surface area contributed by atoms with Gasteiger partial charge in [0.1, 0.15) is 6.61 Å². The number of rotatable bonds is 2. The summed E-state index contributed by atoms with van der Waals surface area (Å²) in [5.41, 5.74) is 17.5. The average molecular weight is 246 g/mol. The Morgan fingerprint density at radius 2 is 1.89 bits per heavy atom. The van der Waals surface area contributed by atoms with Crippen LogP contribution in [0.4, 0.5) is 5.69 Å². The lowest BCUT2D eigenvalue weighted by atomic mass is 10.2. The van der Waals surface area contributed by atoms with Crippen molar-refractivity contribution in [2.45, 2.75) is 0 Å². The number of aliphatic imine (C=N–C) groups is 3. The van der Waals surface area contributed by atoms with Crippen LogP contribution in [0.2, 0.25) is 0 Å². The lowest BCUT2D eigenvalue weighted by Crippen LogP contribution is -2.26. The van der Waals surface area contributed by atoms with Crippen molar-refractivity contribution >= 4 is 23.5 Å². The van der Waals surface area contributed by atoms with E-state index in [0.717, 1.165) is 5.56 Å². The highest BCUT2D eigenvalue weighted by atomic mass is 16.5. The second-order valence-corrected chi connectivity index (χ2v) is 3.59. The zero-order valence-electron chi connectivity index (χ0n) is 9.71. The van der Waals surface area contributed by atoms with E-state index in [1.54, 1.807) is 12.1 Å². The van der Waals surface area contributed by atoms with Crippen LogP contribution in [0.1, 0.15) is 5.56 Å². The summed E-state index contributed by atoms with van der Waals surface area (Å²) in [5.74, 6) is 0.543. The van der Waals surface area contributed by atoms with Crippen molar-refractivity contribution in [3.8, 4) is 0 Å². The molecule has 1 aliphatic heterocycles. The van der Waals surface area contributed by atoms with E-state index in [9.17, 15) is 0 Å². The molecule has 0 bridgehead atoms. The summed E-state index contributed by atoms with van der Waals surface area (Å²) < 4.78 is 5.35. The molecule has 0 fully saturated rings. The number of hydrogen-bond donors (Lipinski definition) is 3. The van der Waals surface area contributed by atoms with Crippen LogP contribution in [0.15, 0.2) is 39.2 Å². The highest BCUT2D eigenvalue weighted by Gasteiger charge is 2.09. The van der Waals surface area contributed by atoms with Crippen molar-refractivity contribution in [3.63, 3.8) is 0 Å². The molecule has 0 saturated heterocycles. The maximum Gasteiger partial charge on any atom is 0.223 e. The zero-order valence-corrected chi connectivity index (χ0v) is 9.71. The van der Waals surface area contributed by atoms with Gasteiger partial charge in [0.15, 0.2) is 5.96 Å². The van der Waals surface area contributed by atoms with Gasteiger partial charge in [0.05, 0.1) is 12.2 Å². The van der Waals surface area contributed by atoms with E-state index >= 15 is 0 Å². The topological polar surface area (TPSA) is 124 Å². The molecular weight excluding hydrogens is 232 g/mol. The molecule has 1 aromatic carbocycles. The predicted octanol–water partition coefficient (Wildman–Crippen LogP) is -0.317. The van der Waals surface area contributed by atoms with Crippen LogP contribution in [-0.2, 0) is 4.74 Å². The second-order valence-electron chi connectivity index (χ2n) is 3.59. The van der Waals surface area contributed by atoms with Gasteiger partial charge in [-0.2, -0.15) is 4.99 Å². The quantitative estimate of drug-likeness (QED) is 0.488. The van der Waals surface area contributed by atoms with E-state index < -0.39 is 0 Å². The molecule has 0 radical (unpaired) electrons. The fourth-order valence-corrected chi connectivity index (χ4v) is 1.48. The smallest absolute Gasteiger partial charge is 0.223 e. The largest absolute Gasteiger partial charge is 0.476 e. The molecule has 6 N–H and O–H groups in total. The van der Waals surface area contributed by atoms with E-state index in [2.05, 4.69) is 15.0 Å². The highest BCUT2D eigenvalue weighted by molar-refractivity contribution is 5.96. The van der Waals surface area contributed by atoms with Gasteiger partial charge < -0.3 is 21.9 Å². The lowest BCUT2D eigenvalue weighted by Gasteiger charge is -2.01. The van der Waals surface area contributed by atoms with Crippen LogP contribution in [0, 0.1) is 0 Å². The van der Waals surface area contributed by atoms with Gasteiger partial charge in [-0.25, -0.2) is 9.98 Å². The summed E-state index contributed by atoms with van der Waals surface area (Å²) >= 11 is 0. The second kappa shape index (κ2) is 5.17. The van der Waals surface area contributed by atoms with Crippen LogP contribution in [0.25, 0.3) is 0 Å². The number of benzene rings is 1. The summed E-state index contributed by atoms with van der Waals surface area (Å²) in [6.07, 6.45) is 0. The molecule has 0 aromatic heterocycles. The third-order valence-corrected chi connectivity index (χ3v) is 2.19. The molecular formula is C11H14N6O. The Balaban J connectivity index is 2.15. The maximum atomic E-state index is 5.52. The number of hydrogen-bond acceptors (Lipinski definition) is 3. The Morgan fingerprint density at radius 3 is 2.44 bits per heavy atom. The van der Waals surface area contributed by atoms with Gasteiger partial charge >= 0.3 is 0 Å². The molecule has 0 saturated carbocycles. The lowest BCUT2D eigenvalue weighted by molar-refractivity contribution is 0.348. The highest BCUT2D eigenvalue weighted by Crippen LogP contribution is 2.15. The molecule has 7 heteroatoms. The first-order valence-electron chi connectivity index (χ1n) is 5.36.